The number of aliphatic hydroxyl groups is 1. The van der Waals surface area contributed by atoms with E-state index in [1.807, 2.05) is 32.9 Å². The lowest BCUT2D eigenvalue weighted by atomic mass is 9.70. The van der Waals surface area contributed by atoms with Crippen LogP contribution in [-0.2, 0) is 19.1 Å². The maximum absolute atomic E-state index is 14.2. The van der Waals surface area contributed by atoms with Crippen molar-refractivity contribution in [3.8, 4) is 5.75 Å². The van der Waals surface area contributed by atoms with Crippen LogP contribution in [0.5, 0.6) is 5.75 Å². The number of hydrogen-bond donors (Lipinski definition) is 1. The van der Waals surface area contributed by atoms with Crippen molar-refractivity contribution in [3.63, 3.8) is 0 Å². The highest BCUT2D eigenvalue weighted by Crippen LogP contribution is 2.59. The molecular weight excluding hydrogens is 498 g/mol. The molecular formula is C30H41N3O6. The predicted octanol–water partition coefficient (Wildman–Crippen LogP) is 2.78. The number of fused-ring (bicyclic) bond motifs is 1. The molecule has 3 amide bonds. The monoisotopic (exact) mass is 539 g/mol. The van der Waals surface area contributed by atoms with Crippen molar-refractivity contribution in [2.75, 3.05) is 31.2 Å². The fraction of sp³-hybridized carbons (Fsp3) is 0.567. The van der Waals surface area contributed by atoms with Crippen LogP contribution in [-0.4, -0.2) is 88.8 Å². The number of rotatable bonds is 12. The van der Waals surface area contributed by atoms with E-state index in [1.54, 1.807) is 41.0 Å². The summed E-state index contributed by atoms with van der Waals surface area (Å²) in [6.45, 7) is 15.9. The van der Waals surface area contributed by atoms with Crippen molar-refractivity contribution in [1.82, 2.24) is 9.80 Å². The molecule has 2 bridgehead atoms. The van der Waals surface area contributed by atoms with Crippen molar-refractivity contribution >= 4 is 23.4 Å². The van der Waals surface area contributed by atoms with Gasteiger partial charge in [0.05, 0.1) is 37.2 Å². The minimum absolute atomic E-state index is 0.133. The molecule has 0 saturated carbocycles. The number of amides is 3. The van der Waals surface area contributed by atoms with Gasteiger partial charge < -0.3 is 29.3 Å². The largest absolute Gasteiger partial charge is 0.494 e. The third-order valence-electron chi connectivity index (χ3n) is 8.27. The van der Waals surface area contributed by atoms with Crippen molar-refractivity contribution in [2.45, 2.75) is 70.4 Å². The Labute approximate surface area is 231 Å². The Balaban J connectivity index is 1.74. The van der Waals surface area contributed by atoms with E-state index in [4.69, 9.17) is 9.47 Å². The molecule has 1 N–H and O–H groups in total. The van der Waals surface area contributed by atoms with E-state index in [9.17, 15) is 19.5 Å². The maximum Gasteiger partial charge on any atom is 0.248 e. The number of benzene rings is 1. The van der Waals surface area contributed by atoms with E-state index in [1.165, 1.54) is 4.90 Å². The summed E-state index contributed by atoms with van der Waals surface area (Å²) in [7, 11) is 0. The van der Waals surface area contributed by atoms with Gasteiger partial charge >= 0.3 is 0 Å². The van der Waals surface area contributed by atoms with Crippen LogP contribution in [0.3, 0.4) is 0 Å². The lowest BCUT2D eigenvalue weighted by Gasteiger charge is -2.39. The summed E-state index contributed by atoms with van der Waals surface area (Å²) in [6, 6.07) is 5.57. The molecule has 3 fully saturated rings. The van der Waals surface area contributed by atoms with Crippen molar-refractivity contribution in [1.29, 1.82) is 0 Å². The highest BCUT2D eigenvalue weighted by molar-refractivity contribution is 6.03. The quantitative estimate of drug-likeness (QED) is 0.410. The molecule has 0 aliphatic carbocycles. The van der Waals surface area contributed by atoms with Crippen LogP contribution >= 0.6 is 0 Å². The number of likely N-dealkylation sites (tertiary alicyclic amines) is 1. The Kier molecular flexibility index (Phi) is 8.51. The highest BCUT2D eigenvalue weighted by Gasteiger charge is 2.75. The van der Waals surface area contributed by atoms with Crippen LogP contribution in [0.2, 0.25) is 0 Å². The Hall–Kier alpha value is -3.17. The summed E-state index contributed by atoms with van der Waals surface area (Å²) in [6.07, 6.45) is 3.90. The Morgan fingerprint density at radius 1 is 1.18 bits per heavy atom. The van der Waals surface area contributed by atoms with Crippen LogP contribution in [0.4, 0.5) is 5.69 Å². The van der Waals surface area contributed by atoms with Crippen LogP contribution < -0.4 is 9.64 Å². The van der Waals surface area contributed by atoms with Gasteiger partial charge in [0.1, 0.15) is 17.4 Å². The molecule has 1 spiro atoms. The lowest BCUT2D eigenvalue weighted by molar-refractivity contribution is -0.151. The van der Waals surface area contributed by atoms with Gasteiger partial charge in [-0.1, -0.05) is 12.2 Å². The van der Waals surface area contributed by atoms with E-state index < -0.39 is 35.6 Å². The normalized spacial score (nSPS) is 27.8. The second kappa shape index (κ2) is 11.5. The molecule has 3 aliphatic heterocycles. The number of nitrogens with zero attached hydrogens (tertiary/aromatic N) is 3. The third kappa shape index (κ3) is 4.76. The van der Waals surface area contributed by atoms with Gasteiger partial charge in [0.15, 0.2) is 0 Å². The van der Waals surface area contributed by atoms with E-state index in [2.05, 4.69) is 13.2 Å². The molecule has 2 unspecified atom stereocenters. The summed E-state index contributed by atoms with van der Waals surface area (Å²) in [5, 5.41) is 10.1. The van der Waals surface area contributed by atoms with Gasteiger partial charge in [-0.05, 0) is 64.8 Å². The van der Waals surface area contributed by atoms with Crippen LogP contribution in [0.15, 0.2) is 49.6 Å². The molecule has 1 aromatic carbocycles. The molecule has 6 atom stereocenters. The van der Waals surface area contributed by atoms with E-state index in [0.29, 0.717) is 37.4 Å². The van der Waals surface area contributed by atoms with Crippen LogP contribution in [0.1, 0.15) is 40.5 Å². The molecule has 3 saturated heterocycles. The molecule has 4 rings (SSSR count). The van der Waals surface area contributed by atoms with E-state index >= 15 is 0 Å². The molecule has 3 heterocycles. The summed E-state index contributed by atoms with van der Waals surface area (Å²) >= 11 is 0. The zero-order chi connectivity index (χ0) is 28.5. The first-order valence-corrected chi connectivity index (χ1v) is 13.8. The molecule has 0 radical (unpaired) electrons. The number of ether oxygens (including phenoxy) is 2. The van der Waals surface area contributed by atoms with Crippen molar-refractivity contribution < 1.29 is 29.0 Å². The fourth-order valence-corrected chi connectivity index (χ4v) is 6.59. The maximum atomic E-state index is 14.2. The predicted molar refractivity (Wildman–Crippen MR) is 148 cm³/mol. The van der Waals surface area contributed by atoms with Gasteiger partial charge in [-0.25, -0.2) is 0 Å². The van der Waals surface area contributed by atoms with Crippen molar-refractivity contribution in [3.05, 3.63) is 49.6 Å². The molecule has 212 valence electrons. The minimum atomic E-state index is -1.13. The molecule has 1 aromatic rings. The van der Waals surface area contributed by atoms with E-state index in [-0.39, 0.29) is 36.9 Å². The van der Waals surface area contributed by atoms with Crippen LogP contribution in [0, 0.1) is 11.8 Å². The summed E-state index contributed by atoms with van der Waals surface area (Å²) < 4.78 is 12.1. The molecule has 3 aliphatic rings. The zero-order valence-corrected chi connectivity index (χ0v) is 23.4. The number of aliphatic hydroxyl groups excluding tert-OH is 1. The second-order valence-electron chi connectivity index (χ2n) is 10.9. The Morgan fingerprint density at radius 2 is 1.85 bits per heavy atom. The SMILES string of the molecule is C=CCN(C(=O)[C@@H]1[C@@H]2CCC3(O2)C(C(=O)N(CC=C)C(C)C)N([C@H](C)CO)C(=O)[C@H]13)c1ccc(OCC)cc1. The summed E-state index contributed by atoms with van der Waals surface area (Å²) in [4.78, 5) is 47.2. The lowest BCUT2D eigenvalue weighted by Crippen LogP contribution is -2.59. The van der Waals surface area contributed by atoms with Gasteiger partial charge in [0.2, 0.25) is 17.7 Å². The van der Waals surface area contributed by atoms with Gasteiger partial charge in [-0.2, -0.15) is 0 Å². The smallest absolute Gasteiger partial charge is 0.248 e. The third-order valence-corrected chi connectivity index (χ3v) is 8.27. The molecule has 9 nitrogen and oxygen atoms in total. The van der Waals surface area contributed by atoms with Gasteiger partial charge in [-0.15, -0.1) is 13.2 Å². The average molecular weight is 540 g/mol. The highest BCUT2D eigenvalue weighted by atomic mass is 16.5. The molecule has 9 heteroatoms. The van der Waals surface area contributed by atoms with Gasteiger partial charge in [0, 0.05) is 24.8 Å². The van der Waals surface area contributed by atoms with Crippen LogP contribution in [0.25, 0.3) is 0 Å². The van der Waals surface area contributed by atoms with E-state index in [0.717, 1.165) is 0 Å². The first kappa shape index (κ1) is 28.8. The number of anilines is 1. The second-order valence-corrected chi connectivity index (χ2v) is 10.9. The average Bonchev–Trinajstić information content (AvgIpc) is 3.57. The first-order valence-electron chi connectivity index (χ1n) is 13.8. The van der Waals surface area contributed by atoms with Crippen molar-refractivity contribution in [2.24, 2.45) is 11.8 Å². The minimum Gasteiger partial charge on any atom is -0.494 e. The molecule has 0 aromatic heterocycles. The standard InChI is InChI=1S/C30H41N3O6/c1-7-16-31(19(4)5)29(37)26-30-15-14-23(39-30)24(25(30)28(36)33(26)20(6)18-34)27(35)32(17-8-2)21-10-12-22(13-11-21)38-9-3/h7-8,10-13,19-20,23-26,34H,1-2,9,14-18H2,3-6H3/t20-,23+,24-,25+,26?,30?/m1/s1. The Bertz CT molecular complexity index is 1100. The fourth-order valence-electron chi connectivity index (χ4n) is 6.59. The number of carbonyl (C=O) groups is 3. The Morgan fingerprint density at radius 3 is 2.41 bits per heavy atom. The first-order chi connectivity index (χ1) is 18.7. The number of carbonyl (C=O) groups excluding carboxylic acids is 3. The van der Waals surface area contributed by atoms with Gasteiger partial charge in [0.25, 0.3) is 0 Å². The van der Waals surface area contributed by atoms with Gasteiger partial charge in [-0.3, -0.25) is 14.4 Å². The topological polar surface area (TPSA) is 99.6 Å². The summed E-state index contributed by atoms with van der Waals surface area (Å²) in [5.41, 5.74) is -0.467. The molecule has 39 heavy (non-hydrogen) atoms. The zero-order valence-electron chi connectivity index (χ0n) is 23.4. The summed E-state index contributed by atoms with van der Waals surface area (Å²) in [5.74, 6) is -1.67. The number of hydrogen-bond acceptors (Lipinski definition) is 6.